The predicted molar refractivity (Wildman–Crippen MR) is 138 cm³/mol. The molecule has 1 aliphatic carbocycles. The highest BCUT2D eigenvalue weighted by Crippen LogP contribution is 2.54. The van der Waals surface area contributed by atoms with Crippen LogP contribution in [0.4, 0.5) is 5.69 Å². The van der Waals surface area contributed by atoms with Crippen LogP contribution in [0.15, 0.2) is 60.7 Å². The molecule has 0 saturated carbocycles. The molecule has 1 atom stereocenters. The minimum Gasteiger partial charge on any atom is -0.423 e. The van der Waals surface area contributed by atoms with Gasteiger partial charge in [-0.05, 0) is 87.9 Å². The van der Waals surface area contributed by atoms with Gasteiger partial charge < -0.3 is 10.5 Å². The van der Waals surface area contributed by atoms with Crippen molar-refractivity contribution in [2.75, 3.05) is 5.73 Å². The molecule has 0 spiro atoms. The van der Waals surface area contributed by atoms with Crippen molar-refractivity contribution in [2.24, 2.45) is 5.92 Å². The number of ether oxygens (including phenoxy) is 1. The number of esters is 1. The summed E-state index contributed by atoms with van der Waals surface area (Å²) in [5.74, 6) is 0.661. The van der Waals surface area contributed by atoms with Gasteiger partial charge >= 0.3 is 5.97 Å². The zero-order chi connectivity index (χ0) is 24.0. The van der Waals surface area contributed by atoms with E-state index in [1.165, 1.54) is 22.3 Å². The molecule has 3 aromatic carbocycles. The molecular formula is C30H33NO2. The molecule has 3 heteroatoms. The number of hydrogen-bond donors (Lipinski definition) is 1. The van der Waals surface area contributed by atoms with Crippen LogP contribution < -0.4 is 10.5 Å². The molecule has 0 bridgehead atoms. The highest BCUT2D eigenvalue weighted by molar-refractivity contribution is 5.91. The monoisotopic (exact) mass is 439 g/mol. The second-order valence-corrected chi connectivity index (χ2v) is 10.3. The quantitative estimate of drug-likeness (QED) is 0.203. The largest absolute Gasteiger partial charge is 0.423 e. The lowest BCUT2D eigenvalue weighted by Crippen LogP contribution is -2.30. The zero-order valence-electron chi connectivity index (χ0n) is 20.4. The molecule has 2 N–H and O–H groups in total. The van der Waals surface area contributed by atoms with E-state index in [0.29, 0.717) is 22.9 Å². The van der Waals surface area contributed by atoms with Gasteiger partial charge in [-0.25, -0.2) is 4.79 Å². The van der Waals surface area contributed by atoms with Crippen LogP contribution in [0.25, 0.3) is 12.2 Å². The average Bonchev–Trinajstić information content (AvgIpc) is 2.91. The van der Waals surface area contributed by atoms with Crippen molar-refractivity contribution in [3.05, 3.63) is 94.0 Å². The van der Waals surface area contributed by atoms with E-state index < -0.39 is 0 Å². The fourth-order valence-electron chi connectivity index (χ4n) is 4.96. The minimum atomic E-state index is -0.385. The van der Waals surface area contributed by atoms with Gasteiger partial charge in [0.1, 0.15) is 5.75 Å². The van der Waals surface area contributed by atoms with Crippen LogP contribution >= 0.6 is 0 Å². The second-order valence-electron chi connectivity index (χ2n) is 10.3. The van der Waals surface area contributed by atoms with Crippen LogP contribution in [-0.2, 0) is 10.8 Å². The number of hydrogen-bond acceptors (Lipinski definition) is 3. The number of anilines is 1. The van der Waals surface area contributed by atoms with E-state index in [9.17, 15) is 4.79 Å². The van der Waals surface area contributed by atoms with Crippen molar-refractivity contribution in [1.29, 1.82) is 0 Å². The Morgan fingerprint density at radius 2 is 1.45 bits per heavy atom. The summed E-state index contributed by atoms with van der Waals surface area (Å²) in [5.41, 5.74) is 13.6. The van der Waals surface area contributed by atoms with Gasteiger partial charge in [-0.15, -0.1) is 0 Å². The van der Waals surface area contributed by atoms with E-state index in [-0.39, 0.29) is 16.8 Å². The van der Waals surface area contributed by atoms with Gasteiger partial charge in [0, 0.05) is 5.69 Å². The maximum Gasteiger partial charge on any atom is 0.343 e. The Labute approximate surface area is 197 Å². The first kappa shape index (κ1) is 22.8. The van der Waals surface area contributed by atoms with Crippen LogP contribution in [0.3, 0.4) is 0 Å². The van der Waals surface area contributed by atoms with Crippen molar-refractivity contribution in [3.8, 4) is 5.75 Å². The summed E-state index contributed by atoms with van der Waals surface area (Å²) < 4.78 is 5.42. The highest BCUT2D eigenvalue weighted by atomic mass is 16.5. The summed E-state index contributed by atoms with van der Waals surface area (Å²) in [7, 11) is 0. The van der Waals surface area contributed by atoms with Crippen LogP contribution in [0.1, 0.15) is 72.8 Å². The lowest BCUT2D eigenvalue weighted by molar-refractivity contribution is 0.0735. The third-order valence-electron chi connectivity index (χ3n) is 7.65. The Hall–Kier alpha value is -3.33. The Kier molecular flexibility index (Phi) is 5.69. The van der Waals surface area contributed by atoms with E-state index >= 15 is 0 Å². The molecule has 33 heavy (non-hydrogen) atoms. The molecule has 0 fully saturated rings. The predicted octanol–water partition coefficient (Wildman–Crippen LogP) is 7.17. The Balaban J connectivity index is 1.53. The number of nitrogen functional groups attached to an aromatic ring is 1. The van der Waals surface area contributed by atoms with Crippen molar-refractivity contribution >= 4 is 23.8 Å². The molecule has 1 unspecified atom stereocenters. The maximum atomic E-state index is 12.4. The van der Waals surface area contributed by atoms with Gasteiger partial charge in [0.05, 0.1) is 5.56 Å². The smallest absolute Gasteiger partial charge is 0.343 e. The first-order chi connectivity index (χ1) is 15.5. The fourth-order valence-corrected chi connectivity index (χ4v) is 4.96. The van der Waals surface area contributed by atoms with Crippen molar-refractivity contribution in [3.63, 3.8) is 0 Å². The number of rotatable bonds is 4. The Morgan fingerprint density at radius 3 is 2.06 bits per heavy atom. The number of carbonyl (C=O) groups is 1. The van der Waals surface area contributed by atoms with Crippen molar-refractivity contribution < 1.29 is 9.53 Å². The van der Waals surface area contributed by atoms with E-state index in [1.54, 1.807) is 36.4 Å². The van der Waals surface area contributed by atoms with Crippen LogP contribution in [0.5, 0.6) is 5.75 Å². The molecule has 1 aliphatic rings. The van der Waals surface area contributed by atoms with Crippen molar-refractivity contribution in [2.45, 2.75) is 52.4 Å². The number of benzene rings is 3. The molecule has 3 aromatic rings. The first-order valence-electron chi connectivity index (χ1n) is 11.5. The van der Waals surface area contributed by atoms with Crippen LogP contribution in [-0.4, -0.2) is 5.97 Å². The van der Waals surface area contributed by atoms with Crippen LogP contribution in [0.2, 0.25) is 0 Å². The Morgan fingerprint density at radius 1 is 0.879 bits per heavy atom. The van der Waals surface area contributed by atoms with Gasteiger partial charge in [-0.2, -0.15) is 0 Å². The zero-order valence-corrected chi connectivity index (χ0v) is 20.4. The van der Waals surface area contributed by atoms with E-state index in [2.05, 4.69) is 65.8 Å². The van der Waals surface area contributed by atoms with Gasteiger partial charge in [0.25, 0.3) is 0 Å². The summed E-state index contributed by atoms with van der Waals surface area (Å²) in [5, 5.41) is 0. The normalized spacial score (nSPS) is 18.3. The van der Waals surface area contributed by atoms with Gasteiger partial charge in [-0.1, -0.05) is 71.0 Å². The highest BCUT2D eigenvalue weighted by Gasteiger charge is 2.48. The summed E-state index contributed by atoms with van der Waals surface area (Å²) in [6.45, 7) is 14.0. The fraction of sp³-hybridized carbons (Fsp3) is 0.300. The summed E-state index contributed by atoms with van der Waals surface area (Å²) in [6.07, 6.45) is 4.27. The lowest BCUT2D eigenvalue weighted by Gasteiger charge is -2.32. The van der Waals surface area contributed by atoms with Gasteiger partial charge in [-0.3, -0.25) is 0 Å². The van der Waals surface area contributed by atoms with E-state index in [4.69, 9.17) is 10.5 Å². The molecule has 0 amide bonds. The third-order valence-corrected chi connectivity index (χ3v) is 7.65. The SMILES string of the molecule is Cc1cc2c(cc1C=Cc1ccc(C(=O)Oc3ccc(N)cc3)cc1)C(C)(C)C(C)C2(C)C. The van der Waals surface area contributed by atoms with E-state index in [0.717, 1.165) is 5.56 Å². The molecule has 170 valence electrons. The summed E-state index contributed by atoms with van der Waals surface area (Å²) in [6, 6.07) is 19.0. The van der Waals surface area contributed by atoms with E-state index in [1.807, 2.05) is 12.1 Å². The molecule has 4 rings (SSSR count). The number of fused-ring (bicyclic) bond motifs is 1. The number of carbonyl (C=O) groups excluding carboxylic acids is 1. The first-order valence-corrected chi connectivity index (χ1v) is 11.5. The number of aryl methyl sites for hydroxylation is 1. The minimum absolute atomic E-state index is 0.140. The molecular weight excluding hydrogens is 406 g/mol. The maximum absolute atomic E-state index is 12.4. The molecule has 0 heterocycles. The molecule has 0 saturated heterocycles. The lowest BCUT2D eigenvalue weighted by atomic mass is 9.71. The molecule has 0 radical (unpaired) electrons. The topological polar surface area (TPSA) is 52.3 Å². The second kappa shape index (κ2) is 8.22. The van der Waals surface area contributed by atoms with Crippen LogP contribution in [0, 0.1) is 12.8 Å². The van der Waals surface area contributed by atoms with Gasteiger partial charge in [0.2, 0.25) is 0 Å². The standard InChI is InChI=1S/C30H33NO2/c1-19-17-26-27(30(5,6)20(2)29(26,3)4)18-23(19)12-9-21-7-10-22(11-8-21)28(32)33-25-15-13-24(31)14-16-25/h7-18,20H,31H2,1-6H3. The third kappa shape index (κ3) is 4.20. The molecule has 0 aromatic heterocycles. The average molecular weight is 440 g/mol. The summed E-state index contributed by atoms with van der Waals surface area (Å²) >= 11 is 0. The molecule has 0 aliphatic heterocycles. The Bertz CT molecular complexity index is 1220. The molecule has 3 nitrogen and oxygen atoms in total. The van der Waals surface area contributed by atoms with Crippen molar-refractivity contribution in [1.82, 2.24) is 0 Å². The number of nitrogens with two attached hydrogens (primary N) is 1. The van der Waals surface area contributed by atoms with Gasteiger partial charge in [0.15, 0.2) is 0 Å². The summed E-state index contributed by atoms with van der Waals surface area (Å²) in [4.78, 5) is 12.4.